The average Bonchev–Trinajstić information content (AvgIpc) is 3.23. The van der Waals surface area contributed by atoms with Gasteiger partial charge in [-0.25, -0.2) is 9.59 Å². The van der Waals surface area contributed by atoms with Crippen LogP contribution in [0, 0.1) is 0 Å². The Balaban J connectivity index is 1.92. The smallest absolute Gasteiger partial charge is 0.407 e. The molecule has 9 heteroatoms. The number of fused-ring (bicyclic) bond motifs is 1. The van der Waals surface area contributed by atoms with E-state index in [4.69, 9.17) is 13.9 Å². The number of amides is 1. The van der Waals surface area contributed by atoms with Crippen molar-refractivity contribution in [2.24, 2.45) is 0 Å². The van der Waals surface area contributed by atoms with Crippen LogP contribution >= 0.6 is 0 Å². The van der Waals surface area contributed by atoms with Crippen molar-refractivity contribution in [3.63, 3.8) is 0 Å². The molecule has 0 radical (unpaired) electrons. The summed E-state index contributed by atoms with van der Waals surface area (Å²) in [5, 5.41) is 9.81. The summed E-state index contributed by atoms with van der Waals surface area (Å²) in [7, 11) is 1.26. The van der Waals surface area contributed by atoms with Gasteiger partial charge < -0.3 is 28.8 Å². The first kappa shape index (κ1) is 19.3. The zero-order chi connectivity index (χ0) is 20.5. The number of rotatable bonds is 3. The van der Waals surface area contributed by atoms with Crippen molar-refractivity contribution in [1.29, 1.82) is 0 Å². The van der Waals surface area contributed by atoms with Crippen molar-refractivity contribution >= 4 is 28.9 Å². The maximum absolute atomic E-state index is 12.9. The number of hydrogen-bond donors (Lipinski definition) is 1. The molecule has 2 fully saturated rings. The van der Waals surface area contributed by atoms with Crippen LogP contribution in [0.2, 0.25) is 0 Å². The normalized spacial score (nSPS) is 19.6. The predicted molar refractivity (Wildman–Crippen MR) is 104 cm³/mol. The van der Waals surface area contributed by atoms with Crippen LogP contribution in [0.5, 0.6) is 0 Å². The van der Waals surface area contributed by atoms with Crippen LogP contribution in [0.4, 0.5) is 10.7 Å². The number of carbonyl (C=O) groups is 2. The van der Waals surface area contributed by atoms with Gasteiger partial charge >= 0.3 is 12.1 Å². The van der Waals surface area contributed by atoms with E-state index in [1.54, 1.807) is 6.07 Å². The minimum Gasteiger partial charge on any atom is -0.465 e. The molecule has 0 bridgehead atoms. The zero-order valence-electron chi connectivity index (χ0n) is 16.1. The third kappa shape index (κ3) is 3.53. The molecule has 1 N–H and O–H groups in total. The topological polar surface area (TPSA) is 110 Å². The molecule has 1 amide bonds. The molecule has 1 aromatic carbocycles. The van der Waals surface area contributed by atoms with Crippen LogP contribution in [-0.2, 0) is 9.47 Å². The maximum Gasteiger partial charge on any atom is 0.407 e. The van der Waals surface area contributed by atoms with Gasteiger partial charge in [0.15, 0.2) is 11.3 Å². The number of anilines is 1. The highest BCUT2D eigenvalue weighted by molar-refractivity contribution is 5.95. The van der Waals surface area contributed by atoms with Crippen molar-refractivity contribution in [2.75, 3.05) is 44.9 Å². The van der Waals surface area contributed by atoms with Crippen LogP contribution in [0.15, 0.2) is 27.4 Å². The summed E-state index contributed by atoms with van der Waals surface area (Å²) in [4.78, 5) is 40.0. The number of esters is 1. The first-order valence-corrected chi connectivity index (χ1v) is 9.52. The molecule has 9 nitrogen and oxygen atoms in total. The van der Waals surface area contributed by atoms with Gasteiger partial charge in [-0.05, 0) is 25.0 Å². The molecule has 2 saturated heterocycles. The monoisotopic (exact) mass is 402 g/mol. The lowest BCUT2D eigenvalue weighted by molar-refractivity contribution is 0.0600. The Morgan fingerprint density at radius 2 is 1.93 bits per heavy atom. The Kier molecular flexibility index (Phi) is 5.14. The molecule has 154 valence electrons. The Labute approximate surface area is 166 Å². The second kappa shape index (κ2) is 7.75. The van der Waals surface area contributed by atoms with Gasteiger partial charge in [0.25, 0.3) is 0 Å². The predicted octanol–water partition coefficient (Wildman–Crippen LogP) is 2.23. The number of benzene rings is 1. The van der Waals surface area contributed by atoms with Gasteiger partial charge in [0, 0.05) is 31.3 Å². The third-order valence-electron chi connectivity index (χ3n) is 5.45. The highest BCUT2D eigenvalue weighted by Crippen LogP contribution is 2.37. The van der Waals surface area contributed by atoms with E-state index in [9.17, 15) is 19.5 Å². The lowest BCUT2D eigenvalue weighted by Crippen LogP contribution is -2.36. The standard InChI is InChI=1S/C20H22N2O7/c1-27-19(24)12-9-13(15-3-2-4-22(15)20(25)26)18-14(10-12)16(23)11-17(29-18)21-5-7-28-8-6-21/h9-11,15H,2-8H2,1H3,(H,25,26)/t15-/m0/s1. The molecule has 3 heterocycles. The second-order valence-corrected chi connectivity index (χ2v) is 7.12. The van der Waals surface area contributed by atoms with Crippen molar-refractivity contribution in [2.45, 2.75) is 18.9 Å². The number of carboxylic acid groups (broad SMARTS) is 1. The molecule has 2 aliphatic heterocycles. The summed E-state index contributed by atoms with van der Waals surface area (Å²) in [5.41, 5.74) is 0.720. The number of hydrogen-bond acceptors (Lipinski definition) is 7. The molecule has 0 aliphatic carbocycles. The quantitative estimate of drug-likeness (QED) is 0.779. The van der Waals surface area contributed by atoms with Crippen molar-refractivity contribution < 1.29 is 28.6 Å². The van der Waals surface area contributed by atoms with E-state index in [2.05, 4.69) is 0 Å². The first-order valence-electron chi connectivity index (χ1n) is 9.52. The highest BCUT2D eigenvalue weighted by Gasteiger charge is 2.33. The number of methoxy groups -OCH3 is 1. The van der Waals surface area contributed by atoms with Crippen molar-refractivity contribution in [3.05, 3.63) is 39.5 Å². The van der Waals surface area contributed by atoms with E-state index in [1.807, 2.05) is 4.90 Å². The zero-order valence-corrected chi connectivity index (χ0v) is 16.1. The van der Waals surface area contributed by atoms with E-state index >= 15 is 0 Å². The fourth-order valence-electron chi connectivity index (χ4n) is 4.01. The summed E-state index contributed by atoms with van der Waals surface area (Å²) >= 11 is 0. The number of ether oxygens (including phenoxy) is 2. The Bertz CT molecular complexity index is 1010. The van der Waals surface area contributed by atoms with Crippen molar-refractivity contribution in [3.8, 4) is 0 Å². The van der Waals surface area contributed by atoms with Crippen LogP contribution in [0.1, 0.15) is 34.8 Å². The Morgan fingerprint density at radius 1 is 1.17 bits per heavy atom. The molecule has 0 unspecified atom stereocenters. The maximum atomic E-state index is 12.9. The fraction of sp³-hybridized carbons (Fsp3) is 0.450. The molecule has 0 spiro atoms. The van der Waals surface area contributed by atoms with E-state index in [0.29, 0.717) is 62.7 Å². The summed E-state index contributed by atoms with van der Waals surface area (Å²) in [6.07, 6.45) is 0.224. The van der Waals surface area contributed by atoms with E-state index < -0.39 is 18.1 Å². The molecule has 2 aliphatic rings. The van der Waals surface area contributed by atoms with E-state index in [1.165, 1.54) is 24.1 Å². The number of likely N-dealkylation sites (tertiary alicyclic amines) is 1. The lowest BCUT2D eigenvalue weighted by atomic mass is 9.98. The van der Waals surface area contributed by atoms with Crippen LogP contribution in [0.3, 0.4) is 0 Å². The SMILES string of the molecule is COC(=O)c1cc([C@@H]2CCCN2C(=O)O)c2oc(N3CCOCC3)cc(=O)c2c1. The average molecular weight is 402 g/mol. The van der Waals surface area contributed by atoms with Gasteiger partial charge in [0.1, 0.15) is 5.58 Å². The van der Waals surface area contributed by atoms with Gasteiger partial charge in [-0.1, -0.05) is 0 Å². The molecule has 2 aromatic rings. The van der Waals surface area contributed by atoms with Crippen molar-refractivity contribution in [1.82, 2.24) is 4.90 Å². The minimum atomic E-state index is -1.05. The number of carbonyl (C=O) groups excluding carboxylic acids is 1. The third-order valence-corrected chi connectivity index (χ3v) is 5.45. The first-order chi connectivity index (χ1) is 14.0. The van der Waals surface area contributed by atoms with Crippen LogP contribution < -0.4 is 10.3 Å². The number of nitrogens with zero attached hydrogens (tertiary/aromatic N) is 2. The summed E-state index contributed by atoms with van der Waals surface area (Å²) < 4.78 is 16.3. The Hall–Kier alpha value is -3.07. The molecule has 29 heavy (non-hydrogen) atoms. The van der Waals surface area contributed by atoms with Crippen LogP contribution in [0.25, 0.3) is 11.0 Å². The fourth-order valence-corrected chi connectivity index (χ4v) is 4.01. The molecule has 1 atom stereocenters. The Morgan fingerprint density at radius 3 is 2.62 bits per heavy atom. The summed E-state index contributed by atoms with van der Waals surface area (Å²) in [5.74, 6) is -0.178. The highest BCUT2D eigenvalue weighted by atomic mass is 16.5. The molecular weight excluding hydrogens is 380 g/mol. The van der Waals surface area contributed by atoms with Gasteiger partial charge in [0.05, 0.1) is 37.3 Å². The van der Waals surface area contributed by atoms with E-state index in [0.717, 1.165) is 0 Å². The van der Waals surface area contributed by atoms with Gasteiger partial charge in [0.2, 0.25) is 0 Å². The molecule has 4 rings (SSSR count). The second-order valence-electron chi connectivity index (χ2n) is 7.12. The molecule has 1 aromatic heterocycles. The van der Waals surface area contributed by atoms with Crippen LogP contribution in [-0.4, -0.2) is 62.0 Å². The lowest BCUT2D eigenvalue weighted by Gasteiger charge is -2.28. The van der Waals surface area contributed by atoms with Gasteiger partial charge in [-0.3, -0.25) is 4.79 Å². The molecule has 0 saturated carbocycles. The van der Waals surface area contributed by atoms with Gasteiger partial charge in [-0.15, -0.1) is 0 Å². The summed E-state index contributed by atoms with van der Waals surface area (Å²) in [6, 6.07) is 3.93. The summed E-state index contributed by atoms with van der Waals surface area (Å²) in [6.45, 7) is 2.64. The van der Waals surface area contributed by atoms with E-state index in [-0.39, 0.29) is 16.4 Å². The van der Waals surface area contributed by atoms with Gasteiger partial charge in [-0.2, -0.15) is 0 Å². The minimum absolute atomic E-state index is 0.193. The number of morpholine rings is 1. The molecular formula is C20H22N2O7. The largest absolute Gasteiger partial charge is 0.465 e.